The summed E-state index contributed by atoms with van der Waals surface area (Å²) >= 11 is 3.74. The molecule has 0 amide bonds. The average Bonchev–Trinajstić information content (AvgIpc) is 3.27. The summed E-state index contributed by atoms with van der Waals surface area (Å²) in [6.07, 6.45) is 11.3. The SMILES string of the molecule is C[C@]12CC[C@@H](O)C[C@@H]1CC[C@H]1[C@H]2CC[C@]2(C)[C@@H]1CC[C@H]2C1(CBr)OCCO1. The van der Waals surface area contributed by atoms with Crippen LogP contribution >= 0.6 is 15.9 Å². The van der Waals surface area contributed by atoms with Crippen LogP contribution < -0.4 is 0 Å². The third-order valence-corrected chi connectivity index (χ3v) is 10.9. The lowest BCUT2D eigenvalue weighted by molar-refractivity contribution is -0.214. The van der Waals surface area contributed by atoms with Crippen LogP contribution in [0.25, 0.3) is 0 Å². The molecule has 1 saturated heterocycles. The Hall–Kier alpha value is 0.360. The van der Waals surface area contributed by atoms with Gasteiger partial charge in [0.25, 0.3) is 0 Å². The molecule has 1 heterocycles. The van der Waals surface area contributed by atoms with E-state index in [1.807, 2.05) is 0 Å². The van der Waals surface area contributed by atoms with E-state index in [2.05, 4.69) is 29.8 Å². The molecular weight excluding hydrogens is 404 g/mol. The Labute approximate surface area is 173 Å². The number of hydrogen-bond acceptors (Lipinski definition) is 3. The van der Waals surface area contributed by atoms with Gasteiger partial charge in [-0.25, -0.2) is 0 Å². The third kappa shape index (κ3) is 2.68. The van der Waals surface area contributed by atoms with Gasteiger partial charge in [-0.3, -0.25) is 0 Å². The Bertz CT molecular complexity index is 576. The molecule has 0 bridgehead atoms. The molecular formula is C23H37BrO3. The van der Waals surface area contributed by atoms with Gasteiger partial charge in [-0.15, -0.1) is 0 Å². The predicted molar refractivity (Wildman–Crippen MR) is 110 cm³/mol. The molecule has 5 fully saturated rings. The van der Waals surface area contributed by atoms with Crippen LogP contribution in [0, 0.1) is 40.4 Å². The zero-order chi connectivity index (χ0) is 18.9. The molecule has 0 aromatic heterocycles. The highest BCUT2D eigenvalue weighted by Crippen LogP contribution is 2.69. The van der Waals surface area contributed by atoms with Crippen LogP contribution in [0.15, 0.2) is 0 Å². The number of fused-ring (bicyclic) bond motifs is 5. The summed E-state index contributed by atoms with van der Waals surface area (Å²) in [5, 5.41) is 11.0. The molecule has 0 unspecified atom stereocenters. The van der Waals surface area contributed by atoms with Gasteiger partial charge in [-0.1, -0.05) is 29.8 Å². The van der Waals surface area contributed by atoms with Crippen molar-refractivity contribution < 1.29 is 14.6 Å². The number of aliphatic hydroxyl groups excluding tert-OH is 1. The van der Waals surface area contributed by atoms with Crippen LogP contribution in [0.1, 0.15) is 71.6 Å². The average molecular weight is 441 g/mol. The van der Waals surface area contributed by atoms with Crippen molar-refractivity contribution in [1.29, 1.82) is 0 Å². The minimum absolute atomic E-state index is 0.0419. The fourth-order valence-electron chi connectivity index (χ4n) is 8.80. The second kappa shape index (κ2) is 6.68. The number of ether oxygens (including phenoxy) is 2. The van der Waals surface area contributed by atoms with Gasteiger partial charge in [0.05, 0.1) is 24.6 Å². The Morgan fingerprint density at radius 3 is 2.33 bits per heavy atom. The van der Waals surface area contributed by atoms with Gasteiger partial charge in [-0.2, -0.15) is 0 Å². The first-order valence-corrected chi connectivity index (χ1v) is 12.6. The lowest BCUT2D eigenvalue weighted by atomic mass is 9.44. The van der Waals surface area contributed by atoms with E-state index in [-0.39, 0.29) is 11.9 Å². The number of alkyl halides is 1. The minimum atomic E-state index is -0.383. The summed E-state index contributed by atoms with van der Waals surface area (Å²) in [5.41, 5.74) is 0.825. The topological polar surface area (TPSA) is 38.7 Å². The molecule has 5 aliphatic rings. The van der Waals surface area contributed by atoms with Crippen molar-refractivity contribution in [2.45, 2.75) is 83.5 Å². The van der Waals surface area contributed by atoms with Gasteiger partial charge in [-0.05, 0) is 92.3 Å². The summed E-state index contributed by atoms with van der Waals surface area (Å²) in [7, 11) is 0. The number of hydrogen-bond donors (Lipinski definition) is 1. The third-order valence-electron chi connectivity index (χ3n) is 10.1. The molecule has 1 aliphatic heterocycles. The maximum Gasteiger partial charge on any atom is 0.181 e. The maximum absolute atomic E-state index is 10.2. The lowest BCUT2D eigenvalue weighted by Crippen LogP contribution is -2.56. The summed E-state index contributed by atoms with van der Waals surface area (Å²) in [6, 6.07) is 0. The van der Waals surface area contributed by atoms with Gasteiger partial charge < -0.3 is 14.6 Å². The molecule has 154 valence electrons. The molecule has 1 N–H and O–H groups in total. The van der Waals surface area contributed by atoms with E-state index >= 15 is 0 Å². The van der Waals surface area contributed by atoms with Crippen LogP contribution in [-0.2, 0) is 9.47 Å². The quantitative estimate of drug-likeness (QED) is 0.603. The lowest BCUT2D eigenvalue weighted by Gasteiger charge is -2.61. The van der Waals surface area contributed by atoms with Gasteiger partial charge in [0.2, 0.25) is 0 Å². The second-order valence-corrected chi connectivity index (χ2v) is 11.5. The predicted octanol–water partition coefficient (Wildman–Crippen LogP) is 5.14. The number of halogens is 1. The van der Waals surface area contributed by atoms with Crippen molar-refractivity contribution in [3.63, 3.8) is 0 Å². The molecule has 0 aromatic rings. The van der Waals surface area contributed by atoms with E-state index < -0.39 is 0 Å². The molecule has 0 radical (unpaired) electrons. The second-order valence-electron chi connectivity index (χ2n) is 10.9. The summed E-state index contributed by atoms with van der Waals surface area (Å²) < 4.78 is 12.5. The van der Waals surface area contributed by atoms with Crippen LogP contribution in [0.2, 0.25) is 0 Å². The van der Waals surface area contributed by atoms with E-state index in [0.29, 0.717) is 16.7 Å². The van der Waals surface area contributed by atoms with Gasteiger partial charge in [0, 0.05) is 5.92 Å². The zero-order valence-electron chi connectivity index (χ0n) is 17.1. The fraction of sp³-hybridized carbons (Fsp3) is 1.00. The van der Waals surface area contributed by atoms with E-state index in [0.717, 1.165) is 55.1 Å². The first kappa shape index (κ1) is 19.3. The van der Waals surface area contributed by atoms with Crippen LogP contribution in [-0.4, -0.2) is 35.5 Å². The normalized spacial score (nSPS) is 54.2. The minimum Gasteiger partial charge on any atom is -0.393 e. The molecule has 5 rings (SSSR count). The summed E-state index contributed by atoms with van der Waals surface area (Å²) in [6.45, 7) is 6.65. The highest BCUT2D eigenvalue weighted by Gasteiger charge is 2.64. The fourth-order valence-corrected chi connectivity index (χ4v) is 9.51. The van der Waals surface area contributed by atoms with Crippen molar-refractivity contribution in [3.05, 3.63) is 0 Å². The van der Waals surface area contributed by atoms with Crippen molar-refractivity contribution >= 4 is 15.9 Å². The van der Waals surface area contributed by atoms with E-state index in [1.54, 1.807) is 0 Å². The summed E-state index contributed by atoms with van der Waals surface area (Å²) in [5.74, 6) is 3.46. The number of rotatable bonds is 2. The number of aliphatic hydroxyl groups is 1. The molecule has 8 atom stereocenters. The van der Waals surface area contributed by atoms with Crippen LogP contribution in [0.3, 0.4) is 0 Å². The molecule has 0 spiro atoms. The standard InChI is InChI=1S/C23H37BrO3/c1-21-9-7-16(25)13-15(21)3-4-17-18-5-6-20(22(18,2)10-8-19(17)21)23(14-24)26-11-12-27-23/h15-20,25H,3-14H2,1-2H3/t15-,16+,17+,18+,19+,20+,21-,22+/m0/s1. The first-order valence-electron chi connectivity index (χ1n) is 11.4. The van der Waals surface area contributed by atoms with E-state index in [9.17, 15) is 5.11 Å². The van der Waals surface area contributed by atoms with Crippen molar-refractivity contribution in [3.8, 4) is 0 Å². The molecule has 4 aliphatic carbocycles. The molecule has 4 heteroatoms. The highest BCUT2D eigenvalue weighted by molar-refractivity contribution is 9.09. The first-order chi connectivity index (χ1) is 12.9. The van der Waals surface area contributed by atoms with Gasteiger partial charge >= 0.3 is 0 Å². The Morgan fingerprint density at radius 2 is 1.59 bits per heavy atom. The van der Waals surface area contributed by atoms with Crippen molar-refractivity contribution in [2.24, 2.45) is 40.4 Å². The summed E-state index contributed by atoms with van der Waals surface area (Å²) in [4.78, 5) is 0. The Kier molecular flexibility index (Phi) is 4.79. The molecule has 4 saturated carbocycles. The largest absolute Gasteiger partial charge is 0.393 e. The maximum atomic E-state index is 10.2. The zero-order valence-corrected chi connectivity index (χ0v) is 18.7. The Morgan fingerprint density at radius 1 is 0.889 bits per heavy atom. The van der Waals surface area contributed by atoms with E-state index in [4.69, 9.17) is 9.47 Å². The molecule has 0 aromatic carbocycles. The smallest absolute Gasteiger partial charge is 0.181 e. The Balaban J connectivity index is 1.42. The van der Waals surface area contributed by atoms with Crippen LogP contribution in [0.5, 0.6) is 0 Å². The molecule has 27 heavy (non-hydrogen) atoms. The van der Waals surface area contributed by atoms with Crippen LogP contribution in [0.4, 0.5) is 0 Å². The van der Waals surface area contributed by atoms with E-state index in [1.165, 1.54) is 44.9 Å². The van der Waals surface area contributed by atoms with Gasteiger partial charge in [0.15, 0.2) is 5.79 Å². The van der Waals surface area contributed by atoms with Crippen molar-refractivity contribution in [1.82, 2.24) is 0 Å². The monoisotopic (exact) mass is 440 g/mol. The highest BCUT2D eigenvalue weighted by atomic mass is 79.9. The molecule has 3 nitrogen and oxygen atoms in total. The van der Waals surface area contributed by atoms with Crippen molar-refractivity contribution in [2.75, 3.05) is 18.5 Å². The van der Waals surface area contributed by atoms with Gasteiger partial charge in [0.1, 0.15) is 0 Å².